The third kappa shape index (κ3) is 1.80. The second-order valence-electron chi connectivity index (χ2n) is 2.39. The summed E-state index contributed by atoms with van der Waals surface area (Å²) in [5.74, 6) is 0. The minimum absolute atomic E-state index is 0.713. The standard InChI is InChI=1S/C6H14N2/c1-6-2-3-7-4-5-8-6/h6-8H,2-5H2,1H3. The van der Waals surface area contributed by atoms with E-state index >= 15 is 0 Å². The molecule has 1 aliphatic rings. The zero-order chi connectivity index (χ0) is 5.82. The van der Waals surface area contributed by atoms with Crippen molar-refractivity contribution in [1.29, 1.82) is 0 Å². The lowest BCUT2D eigenvalue weighted by molar-refractivity contribution is 0.565. The second kappa shape index (κ2) is 3.05. The highest BCUT2D eigenvalue weighted by molar-refractivity contribution is 4.67. The molecule has 1 aliphatic heterocycles. The molecule has 0 amide bonds. The predicted molar refractivity (Wildman–Crippen MR) is 35.0 cm³/mol. The third-order valence-electron chi connectivity index (χ3n) is 1.55. The maximum absolute atomic E-state index is 3.38. The second-order valence-corrected chi connectivity index (χ2v) is 2.39. The van der Waals surface area contributed by atoms with Gasteiger partial charge in [0.25, 0.3) is 0 Å². The Hall–Kier alpha value is -0.0800. The molecule has 1 atom stereocenters. The Kier molecular flexibility index (Phi) is 2.30. The van der Waals surface area contributed by atoms with Gasteiger partial charge in [-0.2, -0.15) is 0 Å². The summed E-state index contributed by atoms with van der Waals surface area (Å²) in [4.78, 5) is 0. The molecule has 1 rings (SSSR count). The highest BCUT2D eigenvalue weighted by Gasteiger charge is 2.02. The van der Waals surface area contributed by atoms with Crippen LogP contribution in [0.2, 0.25) is 0 Å². The highest BCUT2D eigenvalue weighted by atomic mass is 15.0. The van der Waals surface area contributed by atoms with E-state index in [1.807, 2.05) is 0 Å². The molecule has 2 N–H and O–H groups in total. The van der Waals surface area contributed by atoms with Crippen molar-refractivity contribution in [3.63, 3.8) is 0 Å². The van der Waals surface area contributed by atoms with Crippen molar-refractivity contribution < 1.29 is 0 Å². The SMILES string of the molecule is CC1CCNCCN1. The summed E-state index contributed by atoms with van der Waals surface area (Å²) in [6.45, 7) is 5.66. The minimum atomic E-state index is 0.713. The molecule has 0 bridgehead atoms. The molecule has 1 unspecified atom stereocenters. The number of hydrogen-bond acceptors (Lipinski definition) is 2. The number of rotatable bonds is 0. The zero-order valence-corrected chi connectivity index (χ0v) is 5.41. The Morgan fingerprint density at radius 2 is 2.12 bits per heavy atom. The van der Waals surface area contributed by atoms with E-state index in [-0.39, 0.29) is 0 Å². The monoisotopic (exact) mass is 114 g/mol. The lowest BCUT2D eigenvalue weighted by Crippen LogP contribution is -2.26. The van der Waals surface area contributed by atoms with Crippen LogP contribution in [0.5, 0.6) is 0 Å². The van der Waals surface area contributed by atoms with E-state index in [0.29, 0.717) is 6.04 Å². The summed E-state index contributed by atoms with van der Waals surface area (Å²) < 4.78 is 0. The first kappa shape index (κ1) is 6.05. The average molecular weight is 114 g/mol. The van der Waals surface area contributed by atoms with Crippen LogP contribution in [-0.2, 0) is 0 Å². The van der Waals surface area contributed by atoms with Gasteiger partial charge < -0.3 is 10.6 Å². The van der Waals surface area contributed by atoms with Crippen molar-refractivity contribution in [3.8, 4) is 0 Å². The van der Waals surface area contributed by atoms with E-state index in [1.165, 1.54) is 13.0 Å². The molecular weight excluding hydrogens is 100 g/mol. The van der Waals surface area contributed by atoms with Crippen molar-refractivity contribution in [1.82, 2.24) is 10.6 Å². The first-order valence-electron chi connectivity index (χ1n) is 3.33. The van der Waals surface area contributed by atoms with Gasteiger partial charge in [0.1, 0.15) is 0 Å². The van der Waals surface area contributed by atoms with Crippen LogP contribution in [0.15, 0.2) is 0 Å². The van der Waals surface area contributed by atoms with Crippen molar-refractivity contribution in [2.45, 2.75) is 19.4 Å². The Balaban J connectivity index is 2.17. The van der Waals surface area contributed by atoms with Gasteiger partial charge in [-0.1, -0.05) is 0 Å². The van der Waals surface area contributed by atoms with E-state index in [4.69, 9.17) is 0 Å². The van der Waals surface area contributed by atoms with Crippen LogP contribution in [0.3, 0.4) is 0 Å². The van der Waals surface area contributed by atoms with Crippen LogP contribution in [-0.4, -0.2) is 25.7 Å². The Morgan fingerprint density at radius 3 is 3.00 bits per heavy atom. The summed E-state index contributed by atoms with van der Waals surface area (Å²) in [5, 5.41) is 6.70. The fourth-order valence-corrected chi connectivity index (χ4v) is 0.953. The topological polar surface area (TPSA) is 24.1 Å². The average Bonchev–Trinajstić information content (AvgIpc) is 1.94. The number of nitrogens with one attached hydrogen (secondary N) is 2. The molecule has 0 aromatic rings. The summed E-state index contributed by atoms with van der Waals surface area (Å²) >= 11 is 0. The molecule has 2 nitrogen and oxygen atoms in total. The van der Waals surface area contributed by atoms with Crippen LogP contribution in [0.25, 0.3) is 0 Å². The smallest absolute Gasteiger partial charge is 0.00792 e. The Labute approximate surface area is 50.7 Å². The van der Waals surface area contributed by atoms with Gasteiger partial charge in [-0.3, -0.25) is 0 Å². The van der Waals surface area contributed by atoms with E-state index in [0.717, 1.165) is 13.1 Å². The molecule has 0 saturated carbocycles. The van der Waals surface area contributed by atoms with Crippen molar-refractivity contribution in [2.24, 2.45) is 0 Å². The summed E-state index contributed by atoms with van der Waals surface area (Å²) in [5.41, 5.74) is 0. The van der Waals surface area contributed by atoms with Crippen molar-refractivity contribution >= 4 is 0 Å². The van der Waals surface area contributed by atoms with Crippen LogP contribution >= 0.6 is 0 Å². The van der Waals surface area contributed by atoms with Gasteiger partial charge in [-0.15, -0.1) is 0 Å². The third-order valence-corrected chi connectivity index (χ3v) is 1.55. The van der Waals surface area contributed by atoms with Gasteiger partial charge in [0.2, 0.25) is 0 Å². The lowest BCUT2D eigenvalue weighted by atomic mass is 10.2. The van der Waals surface area contributed by atoms with Gasteiger partial charge in [-0.25, -0.2) is 0 Å². The Morgan fingerprint density at radius 1 is 1.25 bits per heavy atom. The molecule has 0 aliphatic carbocycles. The van der Waals surface area contributed by atoms with Gasteiger partial charge in [0, 0.05) is 19.1 Å². The highest BCUT2D eigenvalue weighted by Crippen LogP contribution is 1.89. The fraction of sp³-hybridized carbons (Fsp3) is 1.00. The summed E-state index contributed by atoms with van der Waals surface area (Å²) in [7, 11) is 0. The first-order valence-corrected chi connectivity index (χ1v) is 3.33. The molecule has 0 aromatic heterocycles. The van der Waals surface area contributed by atoms with E-state index < -0.39 is 0 Å². The van der Waals surface area contributed by atoms with Gasteiger partial charge in [0.05, 0.1) is 0 Å². The van der Waals surface area contributed by atoms with E-state index in [1.54, 1.807) is 0 Å². The molecule has 1 fully saturated rings. The summed E-state index contributed by atoms with van der Waals surface area (Å²) in [6.07, 6.45) is 1.26. The van der Waals surface area contributed by atoms with Crippen LogP contribution in [0.4, 0.5) is 0 Å². The van der Waals surface area contributed by atoms with Crippen LogP contribution < -0.4 is 10.6 Å². The quantitative estimate of drug-likeness (QED) is 0.461. The lowest BCUT2D eigenvalue weighted by Gasteiger charge is -2.05. The fourth-order valence-electron chi connectivity index (χ4n) is 0.953. The largest absolute Gasteiger partial charge is 0.315 e. The molecule has 48 valence electrons. The normalized spacial score (nSPS) is 31.9. The van der Waals surface area contributed by atoms with Crippen molar-refractivity contribution in [2.75, 3.05) is 19.6 Å². The molecule has 0 spiro atoms. The maximum Gasteiger partial charge on any atom is 0.00792 e. The van der Waals surface area contributed by atoms with Gasteiger partial charge >= 0.3 is 0 Å². The van der Waals surface area contributed by atoms with Crippen molar-refractivity contribution in [3.05, 3.63) is 0 Å². The molecule has 0 radical (unpaired) electrons. The van der Waals surface area contributed by atoms with E-state index in [2.05, 4.69) is 17.6 Å². The predicted octanol–water partition coefficient (Wildman–Crippen LogP) is -0.0422. The first-order chi connectivity index (χ1) is 3.89. The molecule has 8 heavy (non-hydrogen) atoms. The van der Waals surface area contributed by atoms with E-state index in [9.17, 15) is 0 Å². The maximum atomic E-state index is 3.38. The zero-order valence-electron chi connectivity index (χ0n) is 5.41. The van der Waals surface area contributed by atoms with Crippen LogP contribution in [0, 0.1) is 0 Å². The summed E-state index contributed by atoms with van der Waals surface area (Å²) in [6, 6.07) is 0.713. The molecule has 2 heteroatoms. The molecule has 1 saturated heterocycles. The minimum Gasteiger partial charge on any atom is -0.315 e. The Bertz CT molecular complexity index is 55.5. The molecule has 0 aromatic carbocycles. The molecular formula is C6H14N2. The number of hydrogen-bond donors (Lipinski definition) is 2. The molecule has 1 heterocycles. The van der Waals surface area contributed by atoms with Gasteiger partial charge in [0.15, 0.2) is 0 Å². The van der Waals surface area contributed by atoms with Crippen LogP contribution in [0.1, 0.15) is 13.3 Å². The van der Waals surface area contributed by atoms with Gasteiger partial charge in [-0.05, 0) is 19.9 Å².